The van der Waals surface area contributed by atoms with E-state index in [0.29, 0.717) is 0 Å². The minimum Gasteiger partial charge on any atom is -0.179 e. The van der Waals surface area contributed by atoms with E-state index in [1.807, 2.05) is 67.6 Å². The van der Waals surface area contributed by atoms with Gasteiger partial charge in [0.25, 0.3) is 0 Å². The molecule has 0 heterocycles. The fourth-order valence-corrected chi connectivity index (χ4v) is 3.57. The molecule has 0 fully saturated rings. The summed E-state index contributed by atoms with van der Waals surface area (Å²) in [6, 6.07) is 35.8. The predicted molar refractivity (Wildman–Crippen MR) is 127 cm³/mol. The van der Waals surface area contributed by atoms with E-state index >= 15 is 0 Å². The number of benzene rings is 4. The van der Waals surface area contributed by atoms with Crippen LogP contribution in [0.4, 0.5) is 0 Å². The maximum absolute atomic E-state index is 10.1. The average molecular weight is 526 g/mol. The van der Waals surface area contributed by atoms with Gasteiger partial charge in [0.05, 0.1) is 0 Å². The van der Waals surface area contributed by atoms with Gasteiger partial charge in [-0.15, -0.1) is 5.56 Å². The summed E-state index contributed by atoms with van der Waals surface area (Å²) in [6.07, 6.45) is 0.526. The van der Waals surface area contributed by atoms with Crippen molar-refractivity contribution in [3.8, 4) is 11.1 Å². The molecule has 0 saturated carbocycles. The molecule has 4 aromatic rings. The van der Waals surface area contributed by atoms with Crippen molar-refractivity contribution >= 4 is 17.0 Å². The number of halogens is 2. The number of aliphatic hydroxyl groups is 1. The second-order valence-electron chi connectivity index (χ2n) is 7.19. The van der Waals surface area contributed by atoms with Crippen molar-refractivity contribution < 1.29 is 26.0 Å². The zero-order valence-corrected chi connectivity index (χ0v) is 21.2. The van der Waals surface area contributed by atoms with Gasteiger partial charge in [0, 0.05) is 0 Å². The molecule has 5 rings (SSSR count). The summed E-state index contributed by atoms with van der Waals surface area (Å²) in [4.78, 5) is 0. The van der Waals surface area contributed by atoms with Crippen LogP contribution in [0.2, 0.25) is 0 Å². The Labute approximate surface area is 203 Å². The Kier molecular flexibility index (Phi) is 9.56. The molecule has 0 amide bonds. The van der Waals surface area contributed by atoms with Gasteiger partial charge < -0.3 is 5.11 Å². The van der Waals surface area contributed by atoms with Crippen molar-refractivity contribution in [3.63, 3.8) is 0 Å². The van der Waals surface area contributed by atoms with E-state index in [1.165, 1.54) is 27.8 Å². The zero-order valence-electron chi connectivity index (χ0n) is 17.2. The summed E-state index contributed by atoms with van der Waals surface area (Å²) in [5.74, 6) is 0. The fraction of sp³-hybridized carbons (Fsp3) is 0.111. The molecule has 1 aliphatic rings. The number of rotatable bonds is 2. The van der Waals surface area contributed by atoms with Gasteiger partial charge in [0.15, 0.2) is 0 Å². The summed E-state index contributed by atoms with van der Waals surface area (Å²) in [7, 11) is 9.87. The minimum absolute atomic E-state index is 0.521. The largest absolute Gasteiger partial charge is 0.179 e. The van der Waals surface area contributed by atoms with Crippen molar-refractivity contribution in [1.29, 1.82) is 0 Å². The van der Waals surface area contributed by atoms with Crippen molar-refractivity contribution in [2.24, 2.45) is 0 Å². The smallest absolute Gasteiger partial charge is 0.0253 e. The van der Waals surface area contributed by atoms with Crippen LogP contribution in [0, 0.1) is 13.0 Å². The van der Waals surface area contributed by atoms with E-state index in [1.54, 1.807) is 0 Å². The van der Waals surface area contributed by atoms with E-state index in [-0.39, 0.29) is 0 Å². The van der Waals surface area contributed by atoms with Gasteiger partial charge in [-0.3, -0.25) is 0 Å². The van der Waals surface area contributed by atoms with E-state index in [0.717, 1.165) is 17.5 Å². The Morgan fingerprint density at radius 3 is 2.06 bits per heavy atom. The fourth-order valence-electron chi connectivity index (χ4n) is 3.57. The number of aryl methyl sites for hydroxylation is 1. The molecule has 1 nitrogen and oxygen atoms in total. The summed E-state index contributed by atoms with van der Waals surface area (Å²) in [5, 5.41) is 10.1. The third-order valence-corrected chi connectivity index (χ3v) is 5.12. The molecule has 0 aromatic heterocycles. The number of fused-ring (bicyclic) bond motifs is 3. The van der Waals surface area contributed by atoms with Crippen molar-refractivity contribution in [2.75, 3.05) is 0 Å². The molecule has 1 atom stereocenters. The van der Waals surface area contributed by atoms with Crippen molar-refractivity contribution in [3.05, 3.63) is 131 Å². The van der Waals surface area contributed by atoms with Crippen LogP contribution in [0.3, 0.4) is 0 Å². The molecule has 156 valence electrons. The van der Waals surface area contributed by atoms with Crippen LogP contribution in [0.25, 0.3) is 11.1 Å². The van der Waals surface area contributed by atoms with Gasteiger partial charge >= 0.3 is 37.9 Å². The molecule has 31 heavy (non-hydrogen) atoms. The Balaban J connectivity index is 0.000000157. The van der Waals surface area contributed by atoms with Crippen LogP contribution in [0.1, 0.15) is 33.9 Å². The van der Waals surface area contributed by atoms with E-state index in [2.05, 4.69) is 42.5 Å². The maximum atomic E-state index is 10.1. The zero-order chi connectivity index (χ0) is 22.1. The Bertz CT molecular complexity index is 1040. The molecule has 1 unspecified atom stereocenters. The van der Waals surface area contributed by atoms with Gasteiger partial charge in [-0.05, 0) is 24.5 Å². The third kappa shape index (κ3) is 6.64. The molecule has 0 radical (unpaired) electrons. The molecular formula is C27H23Cl2OZr-. The Morgan fingerprint density at radius 1 is 0.774 bits per heavy atom. The predicted octanol–water partition coefficient (Wildman–Crippen LogP) is 7.51. The van der Waals surface area contributed by atoms with Crippen molar-refractivity contribution in [2.45, 2.75) is 19.4 Å². The van der Waals surface area contributed by atoms with Gasteiger partial charge in [0.1, 0.15) is 6.10 Å². The van der Waals surface area contributed by atoms with E-state index in [4.69, 9.17) is 17.0 Å². The summed E-state index contributed by atoms with van der Waals surface area (Å²) in [6.45, 7) is 2.04. The average Bonchev–Trinajstić information content (AvgIpc) is 3.19. The van der Waals surface area contributed by atoms with Gasteiger partial charge in [0.2, 0.25) is 0 Å². The van der Waals surface area contributed by atoms with Crippen LogP contribution < -0.4 is 0 Å². The van der Waals surface area contributed by atoms with Gasteiger partial charge in [-0.2, -0.15) is 29.8 Å². The summed E-state index contributed by atoms with van der Waals surface area (Å²) >= 11 is -0.826. The van der Waals surface area contributed by atoms with E-state index < -0.39 is 27.0 Å². The molecule has 0 aliphatic heterocycles. The van der Waals surface area contributed by atoms with E-state index in [9.17, 15) is 5.11 Å². The van der Waals surface area contributed by atoms with Gasteiger partial charge in [-0.25, -0.2) is 0 Å². The standard InChI is InChI=1S/C14H14O.C13H9.2ClH.Zr/c1-11-7-9-13(10-8-11)14(15)12-5-3-2-4-6-12;1-3-7-12-10(5-1)9-11-6-2-4-8-13(11)12;;;/h2-10,14-15H,1H3;1-5,7-8H,9H2;2*1H;/q;-1;;;+2/p-2. The molecule has 4 heteroatoms. The van der Waals surface area contributed by atoms with Crippen LogP contribution in [-0.4, -0.2) is 5.11 Å². The first-order chi connectivity index (χ1) is 15.1. The molecule has 0 saturated heterocycles. The maximum Gasteiger partial charge on any atom is -0.0253 e. The second-order valence-corrected chi connectivity index (χ2v) is 10.9. The summed E-state index contributed by atoms with van der Waals surface area (Å²) < 4.78 is 0. The Hall–Kier alpha value is -1.70. The topological polar surface area (TPSA) is 20.2 Å². The van der Waals surface area contributed by atoms with Crippen molar-refractivity contribution in [1.82, 2.24) is 0 Å². The number of hydrogen-bond donors (Lipinski definition) is 1. The molecule has 1 aliphatic carbocycles. The first-order valence-corrected chi connectivity index (χ1v) is 16.3. The monoisotopic (exact) mass is 523 g/mol. The normalized spacial score (nSPS) is 11.6. The van der Waals surface area contributed by atoms with Crippen LogP contribution in [0.5, 0.6) is 0 Å². The van der Waals surface area contributed by atoms with Crippen LogP contribution in [-0.2, 0) is 27.3 Å². The molecule has 0 bridgehead atoms. The minimum atomic E-state index is -0.826. The molecule has 0 spiro atoms. The second kappa shape index (κ2) is 12.4. The Morgan fingerprint density at radius 2 is 1.35 bits per heavy atom. The van der Waals surface area contributed by atoms with Gasteiger partial charge in [-0.1, -0.05) is 95.6 Å². The summed E-state index contributed by atoms with van der Waals surface area (Å²) in [5.41, 5.74) is 8.59. The number of hydrogen-bond acceptors (Lipinski definition) is 1. The molecule has 1 N–H and O–H groups in total. The molecular weight excluding hydrogens is 502 g/mol. The molecule has 4 aromatic carbocycles. The third-order valence-electron chi connectivity index (χ3n) is 5.12. The first kappa shape index (κ1) is 24.0. The number of aliphatic hydroxyl groups excluding tert-OH is 1. The quantitative estimate of drug-likeness (QED) is 0.237. The van der Waals surface area contributed by atoms with Crippen LogP contribution >= 0.6 is 17.0 Å². The van der Waals surface area contributed by atoms with Crippen LogP contribution in [0.15, 0.2) is 97.1 Å². The first-order valence-electron chi connectivity index (χ1n) is 9.97. The SMILES string of the molecule is Cc1ccc(C(O)c2ccccc2)cc1.[Cl][Zr][Cl].[c-]1cccc2c1Cc1ccccc1-2.